The normalized spacial score (nSPS) is 22.9. The van der Waals surface area contributed by atoms with E-state index < -0.39 is 0 Å². The lowest BCUT2D eigenvalue weighted by Crippen LogP contribution is -2.36. The van der Waals surface area contributed by atoms with Gasteiger partial charge in [0.05, 0.1) is 12.4 Å². The third-order valence-electron chi connectivity index (χ3n) is 5.19. The third-order valence-corrected chi connectivity index (χ3v) is 5.19. The van der Waals surface area contributed by atoms with Gasteiger partial charge in [-0.1, -0.05) is 0 Å². The molecule has 1 aliphatic heterocycles. The maximum absolute atomic E-state index is 13.1. The molecule has 0 N–H and O–H groups in total. The van der Waals surface area contributed by atoms with E-state index in [4.69, 9.17) is 0 Å². The van der Waals surface area contributed by atoms with Crippen LogP contribution >= 0.6 is 0 Å². The molecule has 21 heavy (non-hydrogen) atoms. The van der Waals surface area contributed by atoms with Crippen molar-refractivity contribution >= 4 is 11.0 Å². The molecule has 0 bridgehead atoms. The van der Waals surface area contributed by atoms with Gasteiger partial charge in [-0.05, 0) is 57.7 Å². The predicted molar refractivity (Wildman–Crippen MR) is 82.5 cm³/mol. The van der Waals surface area contributed by atoms with Crippen LogP contribution in [0.15, 0.2) is 11.0 Å². The number of aryl methyl sites for hydroxylation is 2. The zero-order chi connectivity index (χ0) is 14.6. The summed E-state index contributed by atoms with van der Waals surface area (Å²) in [7, 11) is 4.06. The molecule has 4 rings (SSSR count). The lowest BCUT2D eigenvalue weighted by molar-refractivity contribution is 0.236. The molecule has 0 unspecified atom stereocenters. The van der Waals surface area contributed by atoms with Gasteiger partial charge in [-0.3, -0.25) is 18.9 Å². The average molecular weight is 286 g/mol. The second-order valence-electron chi connectivity index (χ2n) is 6.45. The zero-order valence-corrected chi connectivity index (χ0v) is 12.8. The molecule has 5 heteroatoms. The fourth-order valence-electron chi connectivity index (χ4n) is 4.11. The van der Waals surface area contributed by atoms with Crippen molar-refractivity contribution in [2.75, 3.05) is 13.6 Å². The molecule has 5 nitrogen and oxygen atoms in total. The molecular formula is C16H22N4O. The van der Waals surface area contributed by atoms with Crippen molar-refractivity contribution in [1.82, 2.24) is 19.2 Å². The van der Waals surface area contributed by atoms with E-state index in [1.165, 1.54) is 17.4 Å². The van der Waals surface area contributed by atoms with Gasteiger partial charge >= 0.3 is 0 Å². The molecule has 0 spiro atoms. The van der Waals surface area contributed by atoms with E-state index in [0.29, 0.717) is 0 Å². The molecule has 0 saturated carbocycles. The maximum atomic E-state index is 13.1. The number of pyridine rings is 1. The van der Waals surface area contributed by atoms with E-state index in [0.717, 1.165) is 49.9 Å². The number of aromatic nitrogens is 3. The van der Waals surface area contributed by atoms with Crippen molar-refractivity contribution < 1.29 is 0 Å². The van der Waals surface area contributed by atoms with Gasteiger partial charge in [0, 0.05) is 18.0 Å². The van der Waals surface area contributed by atoms with E-state index >= 15 is 0 Å². The summed E-state index contributed by atoms with van der Waals surface area (Å²) in [5.74, 6) is 0. The van der Waals surface area contributed by atoms with E-state index in [2.05, 4.69) is 17.0 Å². The van der Waals surface area contributed by atoms with Crippen LogP contribution in [0.1, 0.15) is 43.0 Å². The largest absolute Gasteiger partial charge is 0.286 e. The molecule has 2 aromatic rings. The minimum absolute atomic E-state index is 0.183. The molecule has 0 aromatic carbocycles. The maximum Gasteiger partial charge on any atom is 0.257 e. The van der Waals surface area contributed by atoms with Crippen LogP contribution in [0.5, 0.6) is 0 Å². The Labute approximate surface area is 124 Å². The molecule has 1 fully saturated rings. The highest BCUT2D eigenvalue weighted by atomic mass is 16.1. The van der Waals surface area contributed by atoms with Crippen LogP contribution in [-0.2, 0) is 19.9 Å². The van der Waals surface area contributed by atoms with Crippen molar-refractivity contribution in [1.29, 1.82) is 0 Å². The smallest absolute Gasteiger partial charge is 0.257 e. The van der Waals surface area contributed by atoms with E-state index in [-0.39, 0.29) is 11.7 Å². The SMILES string of the molecule is CN1CCC[C@@H]1n1c(=O)c2c(c3cnn(C)c31)CCCC2. The third kappa shape index (κ3) is 1.80. The van der Waals surface area contributed by atoms with Gasteiger partial charge in [-0.15, -0.1) is 0 Å². The molecule has 1 atom stereocenters. The monoisotopic (exact) mass is 286 g/mol. The molecule has 112 valence electrons. The number of likely N-dealkylation sites (tertiary alicyclic amines) is 1. The van der Waals surface area contributed by atoms with Crippen LogP contribution in [0, 0.1) is 0 Å². The molecule has 2 aromatic heterocycles. The van der Waals surface area contributed by atoms with Gasteiger partial charge in [0.1, 0.15) is 5.65 Å². The van der Waals surface area contributed by atoms with Gasteiger partial charge in [0.15, 0.2) is 0 Å². The summed E-state index contributed by atoms with van der Waals surface area (Å²) in [5.41, 5.74) is 3.52. The summed E-state index contributed by atoms with van der Waals surface area (Å²) in [6, 6.07) is 0. The highest BCUT2D eigenvalue weighted by molar-refractivity contribution is 5.80. The lowest BCUT2D eigenvalue weighted by Gasteiger charge is -2.26. The first-order valence-corrected chi connectivity index (χ1v) is 7.96. The van der Waals surface area contributed by atoms with E-state index in [9.17, 15) is 4.79 Å². The van der Waals surface area contributed by atoms with Gasteiger partial charge < -0.3 is 0 Å². The summed E-state index contributed by atoms with van der Waals surface area (Å²) in [5, 5.41) is 5.63. The molecule has 1 saturated heterocycles. The Hall–Kier alpha value is -1.62. The number of fused-ring (bicyclic) bond motifs is 3. The topological polar surface area (TPSA) is 43.1 Å². The van der Waals surface area contributed by atoms with Crippen molar-refractivity contribution in [3.63, 3.8) is 0 Å². The quantitative estimate of drug-likeness (QED) is 0.803. The average Bonchev–Trinajstić information content (AvgIpc) is 3.07. The minimum Gasteiger partial charge on any atom is -0.286 e. The molecule has 0 radical (unpaired) electrons. The Kier molecular flexibility index (Phi) is 2.92. The van der Waals surface area contributed by atoms with Crippen LogP contribution < -0.4 is 5.56 Å². The van der Waals surface area contributed by atoms with Gasteiger partial charge in [0.25, 0.3) is 5.56 Å². The Morgan fingerprint density at radius 2 is 1.90 bits per heavy atom. The van der Waals surface area contributed by atoms with Crippen LogP contribution in [0.3, 0.4) is 0 Å². The fourth-order valence-corrected chi connectivity index (χ4v) is 4.11. The first kappa shape index (κ1) is 13.1. The van der Waals surface area contributed by atoms with Crippen molar-refractivity contribution in [2.24, 2.45) is 7.05 Å². The first-order valence-electron chi connectivity index (χ1n) is 7.96. The number of hydrogen-bond donors (Lipinski definition) is 0. The number of rotatable bonds is 1. The summed E-state index contributed by atoms with van der Waals surface area (Å²) in [6.45, 7) is 1.06. The van der Waals surface area contributed by atoms with Crippen molar-refractivity contribution in [3.05, 3.63) is 27.7 Å². The Balaban J connectivity index is 2.07. The van der Waals surface area contributed by atoms with Gasteiger partial charge in [-0.25, -0.2) is 0 Å². The van der Waals surface area contributed by atoms with Crippen molar-refractivity contribution in [2.45, 2.75) is 44.7 Å². The minimum atomic E-state index is 0.183. The highest BCUT2D eigenvalue weighted by Gasteiger charge is 2.29. The van der Waals surface area contributed by atoms with E-state index in [1.54, 1.807) is 0 Å². The van der Waals surface area contributed by atoms with Crippen LogP contribution in [0.25, 0.3) is 11.0 Å². The van der Waals surface area contributed by atoms with Crippen LogP contribution in [0.2, 0.25) is 0 Å². The second kappa shape index (κ2) is 4.70. The standard InChI is InChI=1S/C16H22N4O/c1-18-9-5-8-14(18)20-15-13(10-17-19(15)2)11-6-3-4-7-12(11)16(20)21/h10,14H,3-9H2,1-2H3/t14-/m0/s1. The summed E-state index contributed by atoms with van der Waals surface area (Å²) in [6.07, 6.45) is 8.61. The molecule has 3 heterocycles. The molecule has 1 aliphatic carbocycles. The summed E-state index contributed by atoms with van der Waals surface area (Å²) in [4.78, 5) is 15.4. The summed E-state index contributed by atoms with van der Waals surface area (Å²) >= 11 is 0. The molecular weight excluding hydrogens is 264 g/mol. The fraction of sp³-hybridized carbons (Fsp3) is 0.625. The van der Waals surface area contributed by atoms with E-state index in [1.807, 2.05) is 22.5 Å². The molecule has 0 amide bonds. The lowest BCUT2D eigenvalue weighted by atomic mass is 9.91. The van der Waals surface area contributed by atoms with Crippen LogP contribution in [0.4, 0.5) is 0 Å². The molecule has 2 aliphatic rings. The summed E-state index contributed by atoms with van der Waals surface area (Å²) < 4.78 is 3.89. The van der Waals surface area contributed by atoms with Crippen molar-refractivity contribution in [3.8, 4) is 0 Å². The van der Waals surface area contributed by atoms with Crippen LogP contribution in [-0.4, -0.2) is 32.8 Å². The predicted octanol–water partition coefficient (Wildman–Crippen LogP) is 1.84. The Morgan fingerprint density at radius 1 is 1.14 bits per heavy atom. The van der Waals surface area contributed by atoms with Gasteiger partial charge in [0.2, 0.25) is 0 Å². The first-order chi connectivity index (χ1) is 10.2. The van der Waals surface area contributed by atoms with Gasteiger partial charge in [-0.2, -0.15) is 5.10 Å². The number of nitrogens with zero attached hydrogens (tertiary/aromatic N) is 4. The Morgan fingerprint density at radius 3 is 2.62 bits per heavy atom. The second-order valence-corrected chi connectivity index (χ2v) is 6.45. The number of hydrogen-bond acceptors (Lipinski definition) is 3. The zero-order valence-electron chi connectivity index (χ0n) is 12.8. The highest BCUT2D eigenvalue weighted by Crippen LogP contribution is 2.31. The Bertz CT molecular complexity index is 758.